The van der Waals surface area contributed by atoms with Crippen molar-refractivity contribution in [2.45, 2.75) is 13.2 Å². The number of aliphatic hydroxyl groups excluding tert-OH is 1. The van der Waals surface area contributed by atoms with Crippen LogP contribution in [0.5, 0.6) is 5.75 Å². The summed E-state index contributed by atoms with van der Waals surface area (Å²) in [4.78, 5) is 0. The molecule has 0 atom stereocenters. The highest BCUT2D eigenvalue weighted by Crippen LogP contribution is 2.27. The van der Waals surface area contributed by atoms with Gasteiger partial charge in [0.2, 0.25) is 0 Å². The van der Waals surface area contributed by atoms with Crippen LogP contribution in [0.4, 0.5) is 0 Å². The third-order valence-corrected chi connectivity index (χ3v) is 2.66. The number of aliphatic hydroxyl groups is 1. The van der Waals surface area contributed by atoms with Gasteiger partial charge >= 0.3 is 0 Å². The summed E-state index contributed by atoms with van der Waals surface area (Å²) in [7, 11) is 1.57. The molecular formula is C13H13N3O2. The number of aromatic nitrogens is 2. The van der Waals surface area contributed by atoms with E-state index in [2.05, 4.69) is 5.10 Å². The highest BCUT2D eigenvalue weighted by molar-refractivity contribution is 5.64. The molecule has 1 aromatic carbocycles. The van der Waals surface area contributed by atoms with Gasteiger partial charge in [-0.1, -0.05) is 12.1 Å². The fraction of sp³-hybridized carbons (Fsp3) is 0.231. The Labute approximate surface area is 105 Å². The Kier molecular flexibility index (Phi) is 3.60. The largest absolute Gasteiger partial charge is 0.496 e. The highest BCUT2D eigenvalue weighted by Gasteiger charge is 2.06. The van der Waals surface area contributed by atoms with Crippen LogP contribution in [0.3, 0.4) is 0 Å². The lowest BCUT2D eigenvalue weighted by Gasteiger charge is -2.07. The van der Waals surface area contributed by atoms with Crippen LogP contribution in [-0.4, -0.2) is 22.0 Å². The Balaban J connectivity index is 2.35. The number of methoxy groups -OCH3 is 1. The number of hydrogen-bond acceptors (Lipinski definition) is 4. The first-order valence-electron chi connectivity index (χ1n) is 5.46. The van der Waals surface area contributed by atoms with Gasteiger partial charge in [-0.3, -0.25) is 4.68 Å². The van der Waals surface area contributed by atoms with E-state index < -0.39 is 0 Å². The van der Waals surface area contributed by atoms with Crippen LogP contribution in [0, 0.1) is 11.3 Å². The van der Waals surface area contributed by atoms with Crippen molar-refractivity contribution in [3.05, 3.63) is 36.2 Å². The summed E-state index contributed by atoms with van der Waals surface area (Å²) < 4.78 is 6.78. The minimum atomic E-state index is -0.0584. The van der Waals surface area contributed by atoms with Gasteiger partial charge in [-0.05, 0) is 11.6 Å². The highest BCUT2D eigenvalue weighted by atomic mass is 16.5. The van der Waals surface area contributed by atoms with Gasteiger partial charge in [0, 0.05) is 17.3 Å². The van der Waals surface area contributed by atoms with Crippen molar-refractivity contribution in [2.24, 2.45) is 0 Å². The van der Waals surface area contributed by atoms with E-state index >= 15 is 0 Å². The molecule has 0 spiro atoms. The molecule has 92 valence electrons. The van der Waals surface area contributed by atoms with E-state index in [9.17, 15) is 0 Å². The summed E-state index contributed by atoms with van der Waals surface area (Å²) in [6, 6.07) is 7.58. The Morgan fingerprint density at radius 2 is 2.28 bits per heavy atom. The van der Waals surface area contributed by atoms with Gasteiger partial charge < -0.3 is 9.84 Å². The molecule has 18 heavy (non-hydrogen) atoms. The first-order valence-corrected chi connectivity index (χ1v) is 5.46. The molecule has 5 nitrogen and oxygen atoms in total. The second kappa shape index (κ2) is 5.34. The molecule has 0 fully saturated rings. The zero-order valence-corrected chi connectivity index (χ0v) is 10.00. The summed E-state index contributed by atoms with van der Waals surface area (Å²) >= 11 is 0. The van der Waals surface area contributed by atoms with E-state index in [0.29, 0.717) is 5.75 Å². The van der Waals surface area contributed by atoms with Crippen LogP contribution in [0.25, 0.3) is 11.1 Å². The molecule has 2 aromatic rings. The topological polar surface area (TPSA) is 71.1 Å². The van der Waals surface area contributed by atoms with Crippen molar-refractivity contribution in [2.75, 3.05) is 7.11 Å². The number of rotatable bonds is 4. The average molecular weight is 243 g/mol. The van der Waals surface area contributed by atoms with Crippen molar-refractivity contribution in [3.63, 3.8) is 0 Å². The molecule has 0 saturated heterocycles. The van der Waals surface area contributed by atoms with Crippen molar-refractivity contribution >= 4 is 0 Å². The van der Waals surface area contributed by atoms with Crippen molar-refractivity contribution in [3.8, 4) is 22.9 Å². The zero-order valence-electron chi connectivity index (χ0n) is 10.00. The maximum atomic E-state index is 9.15. The van der Waals surface area contributed by atoms with Gasteiger partial charge in [-0.15, -0.1) is 0 Å². The van der Waals surface area contributed by atoms with Gasteiger partial charge in [0.25, 0.3) is 0 Å². The lowest BCUT2D eigenvalue weighted by atomic mass is 10.1. The van der Waals surface area contributed by atoms with Gasteiger partial charge in [0.05, 0.1) is 26.0 Å². The second-order valence-corrected chi connectivity index (χ2v) is 3.77. The van der Waals surface area contributed by atoms with E-state index in [0.717, 1.165) is 16.7 Å². The van der Waals surface area contributed by atoms with Crippen molar-refractivity contribution < 1.29 is 9.84 Å². The van der Waals surface area contributed by atoms with E-state index in [-0.39, 0.29) is 13.2 Å². The molecule has 0 aliphatic carbocycles. The molecule has 5 heteroatoms. The van der Waals surface area contributed by atoms with Gasteiger partial charge in [0.1, 0.15) is 12.3 Å². The number of benzene rings is 1. The Morgan fingerprint density at radius 1 is 1.44 bits per heavy atom. The third-order valence-electron chi connectivity index (χ3n) is 2.66. The summed E-state index contributed by atoms with van der Waals surface area (Å²) in [5.41, 5.74) is 2.59. The molecule has 0 saturated carbocycles. The minimum Gasteiger partial charge on any atom is -0.496 e. The fourth-order valence-corrected chi connectivity index (χ4v) is 1.73. The normalized spacial score (nSPS) is 10.1. The van der Waals surface area contributed by atoms with Crippen LogP contribution in [0.2, 0.25) is 0 Å². The van der Waals surface area contributed by atoms with E-state index in [4.69, 9.17) is 15.1 Å². The lowest BCUT2D eigenvalue weighted by molar-refractivity contribution is 0.274. The maximum Gasteiger partial charge on any atom is 0.128 e. The summed E-state index contributed by atoms with van der Waals surface area (Å²) in [5, 5.41) is 21.8. The second-order valence-electron chi connectivity index (χ2n) is 3.77. The maximum absolute atomic E-state index is 9.15. The summed E-state index contributed by atoms with van der Waals surface area (Å²) in [6.45, 7) is 0.170. The first kappa shape index (κ1) is 12.1. The summed E-state index contributed by atoms with van der Waals surface area (Å²) in [5.74, 6) is 0.642. The Bertz CT molecular complexity index is 584. The number of nitriles is 1. The van der Waals surface area contributed by atoms with Crippen LogP contribution in [0.15, 0.2) is 30.6 Å². The monoisotopic (exact) mass is 243 g/mol. The van der Waals surface area contributed by atoms with Crippen molar-refractivity contribution in [1.82, 2.24) is 9.78 Å². The molecule has 0 unspecified atom stereocenters. The molecule has 0 aliphatic rings. The van der Waals surface area contributed by atoms with Gasteiger partial charge in [0.15, 0.2) is 0 Å². The zero-order chi connectivity index (χ0) is 13.0. The molecule has 1 N–H and O–H groups in total. The van der Waals surface area contributed by atoms with Crippen molar-refractivity contribution in [1.29, 1.82) is 5.26 Å². The molecule has 0 bridgehead atoms. The Hall–Kier alpha value is -2.32. The fourth-order valence-electron chi connectivity index (χ4n) is 1.73. The predicted octanol–water partition coefficient (Wildman–Crippen LogP) is 1.57. The number of nitrogens with zero attached hydrogens (tertiary/aromatic N) is 3. The minimum absolute atomic E-state index is 0.0584. The summed E-state index contributed by atoms with van der Waals surface area (Å²) in [6.07, 6.45) is 3.50. The number of hydrogen-bond donors (Lipinski definition) is 1. The molecular weight excluding hydrogens is 230 g/mol. The molecule has 1 heterocycles. The van der Waals surface area contributed by atoms with E-state index in [1.165, 1.54) is 0 Å². The Morgan fingerprint density at radius 3 is 2.94 bits per heavy atom. The van der Waals surface area contributed by atoms with Crippen LogP contribution in [-0.2, 0) is 13.2 Å². The molecule has 2 rings (SSSR count). The number of ether oxygens (including phenoxy) is 1. The first-order chi connectivity index (χ1) is 8.78. The molecule has 0 radical (unpaired) electrons. The standard InChI is InChI=1S/C13H13N3O2/c1-18-13-6-10(2-3-11(13)9-17)12-7-15-16(8-12)5-4-14/h2-3,6-8,17H,5,9H2,1H3. The molecule has 0 aliphatic heterocycles. The van der Waals surface area contributed by atoms with Crippen LogP contribution in [0.1, 0.15) is 5.56 Å². The van der Waals surface area contributed by atoms with Gasteiger partial charge in [-0.25, -0.2) is 0 Å². The SMILES string of the molecule is COc1cc(-c2cnn(CC#N)c2)ccc1CO. The van der Waals surface area contributed by atoms with Crippen LogP contribution < -0.4 is 4.74 Å². The average Bonchev–Trinajstić information content (AvgIpc) is 2.87. The quantitative estimate of drug-likeness (QED) is 0.884. The van der Waals surface area contributed by atoms with E-state index in [1.807, 2.05) is 24.3 Å². The smallest absolute Gasteiger partial charge is 0.128 e. The molecule has 0 amide bonds. The van der Waals surface area contributed by atoms with E-state index in [1.54, 1.807) is 24.2 Å². The predicted molar refractivity (Wildman–Crippen MR) is 65.8 cm³/mol. The lowest BCUT2D eigenvalue weighted by Crippen LogP contribution is -1.94. The third kappa shape index (κ3) is 2.34. The van der Waals surface area contributed by atoms with Gasteiger partial charge in [-0.2, -0.15) is 10.4 Å². The molecule has 1 aromatic heterocycles. The van der Waals surface area contributed by atoms with Crippen LogP contribution >= 0.6 is 0 Å².